The van der Waals surface area contributed by atoms with E-state index in [4.69, 9.17) is 17.3 Å². The van der Waals surface area contributed by atoms with Crippen molar-refractivity contribution in [3.8, 4) is 0 Å². The first-order chi connectivity index (χ1) is 6.65. The molecule has 0 atom stereocenters. The number of hydrogen-bond acceptors (Lipinski definition) is 2. The van der Waals surface area contributed by atoms with Crippen LogP contribution < -0.4 is 5.73 Å². The number of nitrogens with zero attached hydrogens (tertiary/aromatic N) is 1. The molecule has 0 aliphatic carbocycles. The molecule has 1 heterocycles. The highest BCUT2D eigenvalue weighted by Crippen LogP contribution is 2.24. The topological polar surface area (TPSA) is 29.3 Å². The molecule has 0 amide bonds. The van der Waals surface area contributed by atoms with Gasteiger partial charge in [0.25, 0.3) is 0 Å². The maximum absolute atomic E-state index is 6.00. The van der Waals surface area contributed by atoms with Crippen LogP contribution in [0, 0.1) is 0 Å². The second kappa shape index (κ2) is 4.19. The first-order valence-electron chi connectivity index (χ1n) is 4.57. The first-order valence-corrected chi connectivity index (χ1v) is 5.74. The third-order valence-corrected chi connectivity index (χ3v) is 3.61. The molecule has 2 nitrogen and oxygen atoms in total. The monoisotopic (exact) mass is 274 g/mol. The molecule has 14 heavy (non-hydrogen) atoms. The van der Waals surface area contributed by atoms with E-state index >= 15 is 0 Å². The molecule has 1 aromatic rings. The first kappa shape index (κ1) is 10.4. The Kier molecular flexibility index (Phi) is 3.12. The zero-order valence-corrected chi connectivity index (χ0v) is 10.1. The Hall–Kier alpha value is -0.0900. The SMILES string of the molecule is NC1CN(Cc2ccc(Br)c(Cl)c2)C1. The summed E-state index contributed by atoms with van der Waals surface area (Å²) < 4.78 is 0.947. The van der Waals surface area contributed by atoms with E-state index in [2.05, 4.69) is 26.9 Å². The minimum Gasteiger partial charge on any atom is -0.325 e. The van der Waals surface area contributed by atoms with Gasteiger partial charge in [-0.05, 0) is 33.6 Å². The molecule has 0 saturated carbocycles. The van der Waals surface area contributed by atoms with Gasteiger partial charge in [-0.15, -0.1) is 0 Å². The van der Waals surface area contributed by atoms with Gasteiger partial charge in [-0.1, -0.05) is 17.7 Å². The lowest BCUT2D eigenvalue weighted by molar-refractivity contribution is 0.142. The molecule has 1 aliphatic rings. The summed E-state index contributed by atoms with van der Waals surface area (Å²) in [7, 11) is 0. The predicted octanol–water partition coefficient (Wildman–Crippen LogP) is 2.25. The molecule has 0 spiro atoms. The number of halogens is 2. The van der Waals surface area contributed by atoms with Gasteiger partial charge in [0.2, 0.25) is 0 Å². The maximum atomic E-state index is 6.00. The molecule has 76 valence electrons. The summed E-state index contributed by atoms with van der Waals surface area (Å²) in [6.45, 7) is 2.93. The lowest BCUT2D eigenvalue weighted by atomic mass is 10.1. The molecule has 1 fully saturated rings. The normalized spacial score (nSPS) is 18.2. The van der Waals surface area contributed by atoms with Gasteiger partial charge in [0.1, 0.15) is 0 Å². The van der Waals surface area contributed by atoms with E-state index in [9.17, 15) is 0 Å². The van der Waals surface area contributed by atoms with Crippen molar-refractivity contribution in [3.05, 3.63) is 33.3 Å². The Morgan fingerprint density at radius 3 is 2.79 bits per heavy atom. The van der Waals surface area contributed by atoms with E-state index < -0.39 is 0 Å². The lowest BCUT2D eigenvalue weighted by Crippen LogP contribution is -2.54. The quantitative estimate of drug-likeness (QED) is 0.897. The summed E-state index contributed by atoms with van der Waals surface area (Å²) in [6, 6.07) is 6.42. The summed E-state index contributed by atoms with van der Waals surface area (Å²) >= 11 is 9.37. The fraction of sp³-hybridized carbons (Fsp3) is 0.400. The van der Waals surface area contributed by atoms with E-state index in [0.717, 1.165) is 29.1 Å². The average molecular weight is 276 g/mol. The number of rotatable bonds is 2. The second-order valence-electron chi connectivity index (χ2n) is 3.70. The third-order valence-electron chi connectivity index (χ3n) is 2.38. The van der Waals surface area contributed by atoms with E-state index in [1.165, 1.54) is 5.56 Å². The summed E-state index contributed by atoms with van der Waals surface area (Å²) in [5.41, 5.74) is 6.94. The van der Waals surface area contributed by atoms with Crippen molar-refractivity contribution >= 4 is 27.5 Å². The van der Waals surface area contributed by atoms with Crippen LogP contribution in [0.4, 0.5) is 0 Å². The van der Waals surface area contributed by atoms with Gasteiger partial charge >= 0.3 is 0 Å². The van der Waals surface area contributed by atoms with Crippen LogP contribution >= 0.6 is 27.5 Å². The van der Waals surface area contributed by atoms with Crippen molar-refractivity contribution in [1.29, 1.82) is 0 Å². The molecule has 2 N–H and O–H groups in total. The molecule has 1 aliphatic heterocycles. The van der Waals surface area contributed by atoms with Crippen LogP contribution in [0.5, 0.6) is 0 Å². The van der Waals surface area contributed by atoms with Gasteiger partial charge in [-0.25, -0.2) is 0 Å². The standard InChI is InChI=1S/C10H12BrClN2/c11-9-2-1-7(3-10(9)12)4-14-5-8(13)6-14/h1-3,8H,4-6,13H2. The van der Waals surface area contributed by atoms with Crippen molar-refractivity contribution in [2.45, 2.75) is 12.6 Å². The predicted molar refractivity (Wildman–Crippen MR) is 62.4 cm³/mol. The molecule has 1 saturated heterocycles. The molecule has 0 radical (unpaired) electrons. The summed E-state index contributed by atoms with van der Waals surface area (Å²) in [4.78, 5) is 2.31. The molecule has 1 aromatic carbocycles. The van der Waals surface area contributed by atoms with E-state index in [0.29, 0.717) is 6.04 Å². The van der Waals surface area contributed by atoms with Crippen LogP contribution in [0.15, 0.2) is 22.7 Å². The zero-order valence-electron chi connectivity index (χ0n) is 7.71. The number of likely N-dealkylation sites (tertiary alicyclic amines) is 1. The summed E-state index contributed by atoms with van der Waals surface area (Å²) in [5, 5.41) is 0.771. The van der Waals surface area contributed by atoms with E-state index in [1.807, 2.05) is 12.1 Å². The van der Waals surface area contributed by atoms with Crippen LogP contribution in [0.2, 0.25) is 5.02 Å². The highest BCUT2D eigenvalue weighted by molar-refractivity contribution is 9.10. The van der Waals surface area contributed by atoms with Gasteiger partial charge in [-0.2, -0.15) is 0 Å². The number of benzene rings is 1. The van der Waals surface area contributed by atoms with Crippen molar-refractivity contribution in [1.82, 2.24) is 4.90 Å². The molecule has 4 heteroatoms. The molecule has 0 bridgehead atoms. The Morgan fingerprint density at radius 2 is 2.21 bits per heavy atom. The minimum absolute atomic E-state index is 0.362. The number of nitrogens with two attached hydrogens (primary N) is 1. The van der Waals surface area contributed by atoms with Gasteiger partial charge in [0.05, 0.1) is 5.02 Å². The van der Waals surface area contributed by atoms with Crippen molar-refractivity contribution in [2.75, 3.05) is 13.1 Å². The molecule has 0 aromatic heterocycles. The Morgan fingerprint density at radius 1 is 1.50 bits per heavy atom. The molecule has 0 unspecified atom stereocenters. The largest absolute Gasteiger partial charge is 0.325 e. The third kappa shape index (κ3) is 2.28. The molecular weight excluding hydrogens is 263 g/mol. The van der Waals surface area contributed by atoms with Gasteiger partial charge in [-0.3, -0.25) is 4.90 Å². The molecule has 2 rings (SSSR count). The Labute approximate surface area is 97.2 Å². The minimum atomic E-state index is 0.362. The van der Waals surface area contributed by atoms with Crippen LogP contribution in [0.1, 0.15) is 5.56 Å². The summed E-state index contributed by atoms with van der Waals surface area (Å²) in [6.07, 6.45) is 0. The van der Waals surface area contributed by atoms with Gasteiger partial charge in [0, 0.05) is 30.1 Å². The Balaban J connectivity index is 2.00. The van der Waals surface area contributed by atoms with Gasteiger partial charge in [0.15, 0.2) is 0 Å². The maximum Gasteiger partial charge on any atom is 0.0551 e. The van der Waals surface area contributed by atoms with Crippen LogP contribution in [0.3, 0.4) is 0 Å². The van der Waals surface area contributed by atoms with E-state index in [1.54, 1.807) is 0 Å². The van der Waals surface area contributed by atoms with E-state index in [-0.39, 0.29) is 0 Å². The highest BCUT2D eigenvalue weighted by atomic mass is 79.9. The highest BCUT2D eigenvalue weighted by Gasteiger charge is 2.22. The van der Waals surface area contributed by atoms with Crippen LogP contribution in [0.25, 0.3) is 0 Å². The number of hydrogen-bond donors (Lipinski definition) is 1. The smallest absolute Gasteiger partial charge is 0.0551 e. The molecular formula is C10H12BrClN2. The van der Waals surface area contributed by atoms with Crippen LogP contribution in [-0.2, 0) is 6.54 Å². The van der Waals surface area contributed by atoms with Gasteiger partial charge < -0.3 is 5.73 Å². The Bertz CT molecular complexity index is 337. The van der Waals surface area contributed by atoms with Crippen molar-refractivity contribution in [3.63, 3.8) is 0 Å². The van der Waals surface area contributed by atoms with Crippen LogP contribution in [-0.4, -0.2) is 24.0 Å². The zero-order chi connectivity index (χ0) is 10.1. The average Bonchev–Trinajstić information content (AvgIpc) is 2.09. The fourth-order valence-electron chi connectivity index (χ4n) is 1.64. The fourth-order valence-corrected chi connectivity index (χ4v) is 2.08. The summed E-state index contributed by atoms with van der Waals surface area (Å²) in [5.74, 6) is 0. The van der Waals surface area contributed by atoms with Crippen molar-refractivity contribution < 1.29 is 0 Å². The van der Waals surface area contributed by atoms with Crippen molar-refractivity contribution in [2.24, 2.45) is 5.73 Å². The lowest BCUT2D eigenvalue weighted by Gasteiger charge is -2.36. The second-order valence-corrected chi connectivity index (χ2v) is 4.96.